The molecule has 7 heteroatoms. The molecule has 0 amide bonds. The summed E-state index contributed by atoms with van der Waals surface area (Å²) in [6.07, 6.45) is 1.65. The van der Waals surface area contributed by atoms with E-state index in [0.29, 0.717) is 28.3 Å². The van der Waals surface area contributed by atoms with Crippen molar-refractivity contribution in [3.05, 3.63) is 69.6 Å². The number of nitrogens with zero attached hydrogens (tertiary/aromatic N) is 2. The van der Waals surface area contributed by atoms with E-state index in [9.17, 15) is 0 Å². The van der Waals surface area contributed by atoms with E-state index in [1.54, 1.807) is 23.7 Å². The van der Waals surface area contributed by atoms with E-state index >= 15 is 0 Å². The molecule has 0 saturated heterocycles. The van der Waals surface area contributed by atoms with Gasteiger partial charge in [-0.25, -0.2) is 4.98 Å². The van der Waals surface area contributed by atoms with Gasteiger partial charge in [-0.1, -0.05) is 35.9 Å². The highest BCUT2D eigenvalue weighted by Crippen LogP contribution is 2.23. The Balaban J connectivity index is 1.72. The first kappa shape index (κ1) is 17.3. The Morgan fingerprint density at radius 1 is 1.32 bits per heavy atom. The number of hydrogen-bond acceptors (Lipinski definition) is 6. The number of aromatic nitrogens is 1. The highest BCUT2D eigenvalue weighted by atomic mass is 35.5. The highest BCUT2D eigenvalue weighted by Gasteiger charge is 2.05. The van der Waals surface area contributed by atoms with Gasteiger partial charge in [-0.05, 0) is 36.2 Å². The maximum Gasteiger partial charge on any atom is 0.205 e. The summed E-state index contributed by atoms with van der Waals surface area (Å²) >= 11 is 7.48. The Morgan fingerprint density at radius 2 is 2.16 bits per heavy atom. The predicted octanol–water partition coefficient (Wildman–Crippen LogP) is 4.71. The van der Waals surface area contributed by atoms with Gasteiger partial charge in [0.05, 0.1) is 6.21 Å². The number of hydrazone groups is 1. The average Bonchev–Trinajstić information content (AvgIpc) is 3.01. The van der Waals surface area contributed by atoms with Crippen LogP contribution < -0.4 is 15.9 Å². The fourth-order valence-corrected chi connectivity index (χ4v) is 2.90. The molecule has 0 bridgehead atoms. The summed E-state index contributed by atoms with van der Waals surface area (Å²) < 4.78 is 5.96. The van der Waals surface area contributed by atoms with Crippen molar-refractivity contribution in [1.29, 1.82) is 0 Å². The molecular formula is C18H17ClN4OS. The van der Waals surface area contributed by atoms with Crippen LogP contribution in [0.25, 0.3) is 0 Å². The number of ether oxygens (including phenoxy) is 1. The quantitative estimate of drug-likeness (QED) is 0.485. The summed E-state index contributed by atoms with van der Waals surface area (Å²) in [4.78, 5) is 4.08. The van der Waals surface area contributed by atoms with Gasteiger partial charge in [-0.2, -0.15) is 5.10 Å². The Bertz CT molecular complexity index is 894. The summed E-state index contributed by atoms with van der Waals surface area (Å²) in [6, 6.07) is 13.6. The molecular weight excluding hydrogens is 356 g/mol. The summed E-state index contributed by atoms with van der Waals surface area (Å²) in [6.45, 7) is 2.54. The van der Waals surface area contributed by atoms with E-state index in [2.05, 4.69) is 28.5 Å². The Labute approximate surface area is 155 Å². The average molecular weight is 373 g/mol. The van der Waals surface area contributed by atoms with Gasteiger partial charge in [0, 0.05) is 16.0 Å². The lowest BCUT2D eigenvalue weighted by molar-refractivity contribution is 0.305. The fraction of sp³-hybridized carbons (Fsp3) is 0.111. The van der Waals surface area contributed by atoms with Crippen molar-refractivity contribution in [3.63, 3.8) is 0 Å². The first-order valence-electron chi connectivity index (χ1n) is 7.59. The van der Waals surface area contributed by atoms with Crippen molar-refractivity contribution in [2.24, 2.45) is 5.10 Å². The van der Waals surface area contributed by atoms with Crippen LogP contribution in [0.15, 0.2) is 52.9 Å². The second kappa shape index (κ2) is 8.00. The smallest absolute Gasteiger partial charge is 0.205 e. The molecule has 0 aliphatic carbocycles. The Morgan fingerprint density at radius 3 is 2.92 bits per heavy atom. The molecule has 1 aromatic heterocycles. The lowest BCUT2D eigenvalue weighted by Crippen LogP contribution is -2.00. The minimum Gasteiger partial charge on any atom is -0.488 e. The third-order valence-electron chi connectivity index (χ3n) is 3.50. The van der Waals surface area contributed by atoms with E-state index in [1.165, 1.54) is 16.9 Å². The molecule has 0 fully saturated rings. The van der Waals surface area contributed by atoms with Crippen molar-refractivity contribution in [1.82, 2.24) is 4.98 Å². The molecule has 128 valence electrons. The Kier molecular flexibility index (Phi) is 5.53. The normalized spacial score (nSPS) is 11.0. The summed E-state index contributed by atoms with van der Waals surface area (Å²) in [5.74, 6) is 1.17. The molecule has 3 aromatic rings. The monoisotopic (exact) mass is 372 g/mol. The Hall–Kier alpha value is -2.57. The maximum absolute atomic E-state index is 6.09. The van der Waals surface area contributed by atoms with Gasteiger partial charge in [0.15, 0.2) is 0 Å². The van der Waals surface area contributed by atoms with E-state index < -0.39 is 0 Å². The van der Waals surface area contributed by atoms with E-state index in [4.69, 9.17) is 22.1 Å². The topological polar surface area (TPSA) is 72.5 Å². The van der Waals surface area contributed by atoms with Gasteiger partial charge in [0.1, 0.15) is 18.2 Å². The summed E-state index contributed by atoms with van der Waals surface area (Å²) in [5, 5.41) is 7.16. The lowest BCUT2D eigenvalue weighted by Gasteiger charge is -2.11. The van der Waals surface area contributed by atoms with Crippen molar-refractivity contribution in [2.75, 3.05) is 11.2 Å². The van der Waals surface area contributed by atoms with Gasteiger partial charge in [0.25, 0.3) is 0 Å². The molecule has 5 nitrogen and oxygen atoms in total. The van der Waals surface area contributed by atoms with E-state index in [1.807, 2.05) is 24.3 Å². The van der Waals surface area contributed by atoms with Crippen LogP contribution in [0.5, 0.6) is 5.75 Å². The number of thiazole rings is 1. The van der Waals surface area contributed by atoms with Gasteiger partial charge in [-0.15, -0.1) is 11.3 Å². The van der Waals surface area contributed by atoms with Gasteiger partial charge in [0.2, 0.25) is 5.13 Å². The van der Waals surface area contributed by atoms with Crippen LogP contribution in [0.2, 0.25) is 5.02 Å². The van der Waals surface area contributed by atoms with Crippen LogP contribution in [-0.2, 0) is 6.61 Å². The van der Waals surface area contributed by atoms with Crippen molar-refractivity contribution >= 4 is 40.1 Å². The minimum absolute atomic E-state index is 0.465. The van der Waals surface area contributed by atoms with E-state index in [0.717, 1.165) is 11.1 Å². The van der Waals surface area contributed by atoms with Crippen molar-refractivity contribution in [3.8, 4) is 5.75 Å². The predicted molar refractivity (Wildman–Crippen MR) is 105 cm³/mol. The lowest BCUT2D eigenvalue weighted by atomic mass is 10.1. The second-order valence-corrected chi connectivity index (χ2v) is 6.64. The van der Waals surface area contributed by atoms with Crippen LogP contribution >= 0.6 is 22.9 Å². The molecule has 0 radical (unpaired) electrons. The highest BCUT2D eigenvalue weighted by molar-refractivity contribution is 7.14. The molecule has 0 aliphatic rings. The first-order valence-corrected chi connectivity index (χ1v) is 8.84. The molecule has 0 unspecified atom stereocenters. The van der Waals surface area contributed by atoms with Crippen LogP contribution in [0.3, 0.4) is 0 Å². The maximum atomic E-state index is 6.09. The number of nitrogens with one attached hydrogen (secondary N) is 1. The SMILES string of the molecule is Cc1ccccc1COc1ccc(Cl)cc1C=NNc1nc(N)cs1. The molecule has 0 atom stereocenters. The number of nitrogen functional groups attached to an aromatic ring is 1. The summed E-state index contributed by atoms with van der Waals surface area (Å²) in [7, 11) is 0. The standard InChI is InChI=1S/C18H17ClN4OS/c1-12-4-2-3-5-13(12)10-24-16-7-6-15(19)8-14(16)9-21-23-18-22-17(20)11-25-18/h2-9,11H,10,20H2,1H3,(H,22,23). The molecule has 0 aliphatic heterocycles. The van der Waals surface area contributed by atoms with Gasteiger partial charge in [-0.3, -0.25) is 5.43 Å². The number of anilines is 2. The molecule has 0 spiro atoms. The van der Waals surface area contributed by atoms with Crippen LogP contribution in [-0.4, -0.2) is 11.2 Å². The number of halogens is 1. The molecule has 25 heavy (non-hydrogen) atoms. The minimum atomic E-state index is 0.465. The number of benzene rings is 2. The molecule has 3 N–H and O–H groups in total. The molecule has 0 saturated carbocycles. The van der Waals surface area contributed by atoms with Crippen molar-refractivity contribution in [2.45, 2.75) is 13.5 Å². The number of rotatable bonds is 6. The zero-order valence-electron chi connectivity index (χ0n) is 13.6. The molecule has 2 aromatic carbocycles. The largest absolute Gasteiger partial charge is 0.488 e. The zero-order chi connectivity index (χ0) is 17.6. The molecule has 1 heterocycles. The molecule has 3 rings (SSSR count). The third-order valence-corrected chi connectivity index (χ3v) is 4.50. The number of hydrogen-bond donors (Lipinski definition) is 2. The van der Waals surface area contributed by atoms with Crippen LogP contribution in [0.4, 0.5) is 10.9 Å². The number of nitrogens with two attached hydrogens (primary N) is 1. The second-order valence-electron chi connectivity index (χ2n) is 5.34. The zero-order valence-corrected chi connectivity index (χ0v) is 15.1. The first-order chi connectivity index (χ1) is 12.1. The van der Waals surface area contributed by atoms with Gasteiger partial charge < -0.3 is 10.5 Å². The third kappa shape index (κ3) is 4.71. The van der Waals surface area contributed by atoms with E-state index in [-0.39, 0.29) is 0 Å². The van der Waals surface area contributed by atoms with Gasteiger partial charge >= 0.3 is 0 Å². The summed E-state index contributed by atoms with van der Waals surface area (Å²) in [5.41, 5.74) is 11.5. The van der Waals surface area contributed by atoms with Crippen molar-refractivity contribution < 1.29 is 4.74 Å². The number of aryl methyl sites for hydroxylation is 1. The fourth-order valence-electron chi connectivity index (χ4n) is 2.17. The van der Waals surface area contributed by atoms with Crippen LogP contribution in [0.1, 0.15) is 16.7 Å². The van der Waals surface area contributed by atoms with Crippen LogP contribution in [0, 0.1) is 6.92 Å².